The molecule has 0 N–H and O–H groups in total. The second-order valence-electron chi connectivity index (χ2n) is 7.83. The molecule has 152 valence electrons. The molecule has 0 spiro atoms. The number of likely N-dealkylation sites (N-methyl/N-ethyl adjacent to an activating group) is 1. The van der Waals surface area contributed by atoms with Crippen molar-refractivity contribution in [2.75, 3.05) is 13.7 Å². The number of carbonyl (C=O) groups is 1. The zero-order chi connectivity index (χ0) is 21.0. The van der Waals surface area contributed by atoms with Crippen molar-refractivity contribution in [2.45, 2.75) is 32.7 Å². The summed E-state index contributed by atoms with van der Waals surface area (Å²) in [5.74, 6) is 1.27. The van der Waals surface area contributed by atoms with Crippen LogP contribution in [0.4, 0.5) is 0 Å². The Labute approximate surface area is 175 Å². The van der Waals surface area contributed by atoms with Gasteiger partial charge in [0, 0.05) is 17.6 Å². The zero-order valence-electron chi connectivity index (χ0n) is 17.0. The highest BCUT2D eigenvalue weighted by molar-refractivity contribution is 6.30. The predicted octanol–water partition coefficient (Wildman–Crippen LogP) is 4.72. The number of aromatic nitrogens is 2. The Morgan fingerprint density at radius 3 is 2.38 bits per heavy atom. The Kier molecular flexibility index (Phi) is 6.23. The summed E-state index contributed by atoms with van der Waals surface area (Å²) >= 11 is 5.89. The molecule has 1 heterocycles. The lowest BCUT2D eigenvalue weighted by Gasteiger charge is -2.19. The third kappa shape index (κ3) is 5.57. The minimum Gasteiger partial charge on any atom is -0.484 e. The normalized spacial score (nSPS) is 11.3. The minimum absolute atomic E-state index is 0.0659. The summed E-state index contributed by atoms with van der Waals surface area (Å²) in [5, 5.41) is 4.59. The Bertz CT molecular complexity index is 960. The van der Waals surface area contributed by atoms with Crippen LogP contribution in [0.25, 0.3) is 11.4 Å². The van der Waals surface area contributed by atoms with Gasteiger partial charge in [-0.1, -0.05) is 49.7 Å². The lowest BCUT2D eigenvalue weighted by Crippen LogP contribution is -2.31. The molecule has 6 nitrogen and oxygen atoms in total. The van der Waals surface area contributed by atoms with E-state index in [2.05, 4.69) is 30.9 Å². The third-order valence-electron chi connectivity index (χ3n) is 4.45. The molecule has 7 heteroatoms. The number of hydrogen-bond acceptors (Lipinski definition) is 5. The first-order chi connectivity index (χ1) is 13.7. The van der Waals surface area contributed by atoms with Crippen LogP contribution in [-0.2, 0) is 16.8 Å². The fourth-order valence-corrected chi connectivity index (χ4v) is 2.76. The largest absolute Gasteiger partial charge is 0.484 e. The van der Waals surface area contributed by atoms with Gasteiger partial charge in [0.15, 0.2) is 6.61 Å². The summed E-state index contributed by atoms with van der Waals surface area (Å²) in [6.45, 7) is 6.58. The molecule has 0 saturated heterocycles. The van der Waals surface area contributed by atoms with Crippen LogP contribution in [0.5, 0.6) is 5.75 Å². The Balaban J connectivity index is 1.53. The summed E-state index contributed by atoms with van der Waals surface area (Å²) in [7, 11) is 1.67. The van der Waals surface area contributed by atoms with Gasteiger partial charge in [0.25, 0.3) is 5.91 Å². The van der Waals surface area contributed by atoms with Crippen LogP contribution in [0.15, 0.2) is 53.1 Å². The molecule has 1 aromatic heterocycles. The molecule has 0 aliphatic carbocycles. The first kappa shape index (κ1) is 20.9. The molecular formula is C22H24ClN3O3. The van der Waals surface area contributed by atoms with E-state index in [-0.39, 0.29) is 24.5 Å². The molecule has 3 rings (SSSR count). The van der Waals surface area contributed by atoms with Crippen molar-refractivity contribution in [1.29, 1.82) is 0 Å². The topological polar surface area (TPSA) is 68.5 Å². The first-order valence-corrected chi connectivity index (χ1v) is 9.66. The summed E-state index contributed by atoms with van der Waals surface area (Å²) in [5.41, 5.74) is 2.07. The van der Waals surface area contributed by atoms with E-state index in [1.807, 2.05) is 36.4 Å². The van der Waals surface area contributed by atoms with Crippen molar-refractivity contribution < 1.29 is 14.1 Å². The number of halogens is 1. The zero-order valence-corrected chi connectivity index (χ0v) is 17.7. The second kappa shape index (κ2) is 8.66. The molecule has 0 bridgehead atoms. The molecule has 2 aromatic carbocycles. The van der Waals surface area contributed by atoms with Crippen molar-refractivity contribution in [3.8, 4) is 17.1 Å². The number of rotatable bonds is 6. The molecule has 0 unspecified atom stereocenters. The van der Waals surface area contributed by atoms with E-state index in [4.69, 9.17) is 20.9 Å². The maximum Gasteiger partial charge on any atom is 0.260 e. The van der Waals surface area contributed by atoms with Gasteiger partial charge in [-0.3, -0.25) is 4.79 Å². The standard InChI is InChI=1S/C22H24ClN3O3/c1-22(2,3)16-7-11-18(12-8-16)28-14-20(27)26(4)13-19-24-21(25-29-19)15-5-9-17(23)10-6-15/h5-12H,13-14H2,1-4H3. The van der Waals surface area contributed by atoms with Crippen molar-refractivity contribution in [3.05, 3.63) is 65.0 Å². The Hall–Kier alpha value is -2.86. The highest BCUT2D eigenvalue weighted by Crippen LogP contribution is 2.24. The van der Waals surface area contributed by atoms with Gasteiger partial charge >= 0.3 is 0 Å². The molecule has 0 saturated carbocycles. The number of carbonyl (C=O) groups excluding carboxylic acids is 1. The number of nitrogens with zero attached hydrogens (tertiary/aromatic N) is 3. The highest BCUT2D eigenvalue weighted by Gasteiger charge is 2.16. The van der Waals surface area contributed by atoms with Gasteiger partial charge in [-0.25, -0.2) is 0 Å². The summed E-state index contributed by atoms with van der Waals surface area (Å²) < 4.78 is 10.9. The van der Waals surface area contributed by atoms with Crippen LogP contribution in [0.3, 0.4) is 0 Å². The minimum atomic E-state index is -0.184. The fourth-order valence-electron chi connectivity index (χ4n) is 2.63. The van der Waals surface area contributed by atoms with Gasteiger partial charge in [0.2, 0.25) is 11.7 Å². The first-order valence-electron chi connectivity index (χ1n) is 9.28. The number of benzene rings is 2. The van der Waals surface area contributed by atoms with Gasteiger partial charge in [0.1, 0.15) is 5.75 Å². The van der Waals surface area contributed by atoms with E-state index in [9.17, 15) is 4.79 Å². The molecule has 0 aliphatic heterocycles. The fraction of sp³-hybridized carbons (Fsp3) is 0.318. The molecule has 0 fully saturated rings. The quantitative estimate of drug-likeness (QED) is 0.584. The molecule has 0 atom stereocenters. The Morgan fingerprint density at radius 2 is 1.76 bits per heavy atom. The Morgan fingerprint density at radius 1 is 1.10 bits per heavy atom. The summed E-state index contributed by atoms with van der Waals surface area (Å²) in [6, 6.07) is 14.9. The van der Waals surface area contributed by atoms with Crippen molar-refractivity contribution >= 4 is 17.5 Å². The van der Waals surface area contributed by atoms with E-state index in [1.165, 1.54) is 10.5 Å². The van der Waals surface area contributed by atoms with Crippen molar-refractivity contribution in [1.82, 2.24) is 15.0 Å². The van der Waals surface area contributed by atoms with Crippen LogP contribution in [-0.4, -0.2) is 34.6 Å². The SMILES string of the molecule is CN(Cc1nc(-c2ccc(Cl)cc2)no1)C(=O)COc1ccc(C(C)(C)C)cc1. The van der Waals surface area contributed by atoms with E-state index in [0.717, 1.165) is 5.56 Å². The van der Waals surface area contributed by atoms with Gasteiger partial charge in [-0.2, -0.15) is 4.98 Å². The predicted molar refractivity (Wildman–Crippen MR) is 112 cm³/mol. The van der Waals surface area contributed by atoms with Crippen LogP contribution in [0.2, 0.25) is 5.02 Å². The highest BCUT2D eigenvalue weighted by atomic mass is 35.5. The monoisotopic (exact) mass is 413 g/mol. The van der Waals surface area contributed by atoms with E-state index in [1.54, 1.807) is 19.2 Å². The third-order valence-corrected chi connectivity index (χ3v) is 4.70. The van der Waals surface area contributed by atoms with E-state index < -0.39 is 0 Å². The smallest absolute Gasteiger partial charge is 0.260 e. The maximum atomic E-state index is 12.4. The van der Waals surface area contributed by atoms with Gasteiger partial charge in [0.05, 0.1) is 6.54 Å². The van der Waals surface area contributed by atoms with Crippen molar-refractivity contribution in [3.63, 3.8) is 0 Å². The van der Waals surface area contributed by atoms with Crippen molar-refractivity contribution in [2.24, 2.45) is 0 Å². The second-order valence-corrected chi connectivity index (χ2v) is 8.27. The lowest BCUT2D eigenvalue weighted by atomic mass is 9.87. The molecule has 1 amide bonds. The number of ether oxygens (including phenoxy) is 1. The number of amides is 1. The van der Waals surface area contributed by atoms with E-state index >= 15 is 0 Å². The summed E-state index contributed by atoms with van der Waals surface area (Å²) in [6.07, 6.45) is 0. The molecule has 29 heavy (non-hydrogen) atoms. The van der Waals surface area contributed by atoms with Gasteiger partial charge in [-0.15, -0.1) is 0 Å². The average Bonchev–Trinajstić information content (AvgIpc) is 3.14. The maximum absolute atomic E-state index is 12.4. The average molecular weight is 414 g/mol. The van der Waals surface area contributed by atoms with Crippen LogP contribution in [0, 0.1) is 0 Å². The van der Waals surface area contributed by atoms with Gasteiger partial charge in [-0.05, 0) is 47.4 Å². The summed E-state index contributed by atoms with van der Waals surface area (Å²) in [4.78, 5) is 18.2. The number of hydrogen-bond donors (Lipinski definition) is 0. The van der Waals surface area contributed by atoms with Crippen LogP contribution < -0.4 is 4.74 Å². The molecule has 0 radical (unpaired) electrons. The van der Waals surface area contributed by atoms with Gasteiger partial charge < -0.3 is 14.2 Å². The van der Waals surface area contributed by atoms with Crippen LogP contribution >= 0.6 is 11.6 Å². The molecule has 0 aliphatic rings. The molecular weight excluding hydrogens is 390 g/mol. The van der Waals surface area contributed by atoms with Crippen LogP contribution in [0.1, 0.15) is 32.2 Å². The molecule has 3 aromatic rings. The lowest BCUT2D eigenvalue weighted by molar-refractivity contribution is -0.132. The van der Waals surface area contributed by atoms with E-state index in [0.29, 0.717) is 22.5 Å².